The van der Waals surface area contributed by atoms with Gasteiger partial charge in [0.1, 0.15) is 0 Å². The van der Waals surface area contributed by atoms with E-state index in [-0.39, 0.29) is 10.7 Å². The summed E-state index contributed by atoms with van der Waals surface area (Å²) in [4.78, 5) is 10.2. The van der Waals surface area contributed by atoms with E-state index in [0.29, 0.717) is 5.95 Å². The molecule has 54 valence electrons. The van der Waals surface area contributed by atoms with Gasteiger partial charge in [0.15, 0.2) is 0 Å². The number of aromatic amines is 1. The number of H-pyrrole nitrogens is 1. The van der Waals surface area contributed by atoms with Gasteiger partial charge in [-0.1, -0.05) is 0 Å². The molecule has 6 heteroatoms. The molecule has 1 heterocycles. The summed E-state index contributed by atoms with van der Waals surface area (Å²) in [5.74, 6) is 0.793. The normalized spacial score (nSPS) is 9.30. The Morgan fingerprint density at radius 2 is 2.30 bits per heavy atom. The van der Waals surface area contributed by atoms with Gasteiger partial charge in [0.2, 0.25) is 16.7 Å². The summed E-state index contributed by atoms with van der Waals surface area (Å²) < 4.78 is 0.237. The third-order valence-corrected chi connectivity index (χ3v) is 1.09. The first kappa shape index (κ1) is 6.94. The number of nitrogens with zero attached hydrogens (tertiary/aromatic N) is 2. The Kier molecular flexibility index (Phi) is 1.81. The van der Waals surface area contributed by atoms with Crippen molar-refractivity contribution in [1.29, 1.82) is 0 Å². The van der Waals surface area contributed by atoms with Crippen LogP contribution in [-0.2, 0) is 0 Å². The highest BCUT2D eigenvalue weighted by Crippen LogP contribution is 1.96. The van der Waals surface area contributed by atoms with Gasteiger partial charge in [-0.05, 0) is 12.2 Å². The van der Waals surface area contributed by atoms with Gasteiger partial charge >= 0.3 is 0 Å². The van der Waals surface area contributed by atoms with Crippen LogP contribution in [0.15, 0.2) is 0 Å². The van der Waals surface area contributed by atoms with Crippen LogP contribution < -0.4 is 11.1 Å². The van der Waals surface area contributed by atoms with Crippen LogP contribution in [0.3, 0.4) is 0 Å². The highest BCUT2D eigenvalue weighted by Gasteiger charge is 1.91. The minimum absolute atomic E-state index is 0.237. The van der Waals surface area contributed by atoms with E-state index in [1.165, 1.54) is 0 Å². The quantitative estimate of drug-likeness (QED) is 0.506. The van der Waals surface area contributed by atoms with Gasteiger partial charge < -0.3 is 11.1 Å². The smallest absolute Gasteiger partial charge is 0.225 e. The zero-order valence-electron chi connectivity index (χ0n) is 5.38. The fraction of sp³-hybridized carbons (Fsp3) is 0.250. The molecule has 0 aliphatic rings. The van der Waals surface area contributed by atoms with Crippen molar-refractivity contribution in [3.8, 4) is 0 Å². The van der Waals surface area contributed by atoms with Gasteiger partial charge in [-0.15, -0.1) is 0 Å². The molecule has 0 saturated heterocycles. The second kappa shape index (κ2) is 2.61. The molecule has 1 aromatic rings. The summed E-state index contributed by atoms with van der Waals surface area (Å²) in [5, 5.41) is 2.76. The second-order valence-corrected chi connectivity index (χ2v) is 1.98. The summed E-state index contributed by atoms with van der Waals surface area (Å²) in [6, 6.07) is 0. The van der Waals surface area contributed by atoms with Crippen molar-refractivity contribution >= 4 is 24.1 Å². The maximum atomic E-state index is 5.32. The molecule has 0 aliphatic heterocycles. The molecule has 0 saturated carbocycles. The van der Waals surface area contributed by atoms with Crippen LogP contribution >= 0.6 is 12.2 Å². The van der Waals surface area contributed by atoms with Crippen LogP contribution in [0.2, 0.25) is 0 Å². The molecular formula is C4H7N5S. The maximum Gasteiger partial charge on any atom is 0.225 e. The topological polar surface area (TPSA) is 79.6 Å². The fourth-order valence-electron chi connectivity index (χ4n) is 0.519. The Balaban J connectivity index is 3.19. The first-order chi connectivity index (χ1) is 4.72. The Morgan fingerprint density at radius 3 is 2.80 bits per heavy atom. The largest absolute Gasteiger partial charge is 0.369 e. The van der Waals surface area contributed by atoms with Crippen LogP contribution in [0.4, 0.5) is 11.9 Å². The van der Waals surface area contributed by atoms with E-state index < -0.39 is 0 Å². The van der Waals surface area contributed by atoms with Crippen molar-refractivity contribution in [2.75, 3.05) is 18.1 Å². The van der Waals surface area contributed by atoms with E-state index in [1.807, 2.05) is 0 Å². The van der Waals surface area contributed by atoms with Crippen LogP contribution in [0, 0.1) is 4.77 Å². The summed E-state index contributed by atoms with van der Waals surface area (Å²) in [7, 11) is 1.72. The molecule has 0 aromatic carbocycles. The fourth-order valence-corrected chi connectivity index (χ4v) is 0.709. The summed E-state index contributed by atoms with van der Waals surface area (Å²) in [6.45, 7) is 0. The predicted octanol–water partition coefficient (Wildman–Crippen LogP) is 0.158. The lowest BCUT2D eigenvalue weighted by Crippen LogP contribution is -2.02. The molecule has 0 fully saturated rings. The number of hydrogen-bond acceptors (Lipinski definition) is 5. The third-order valence-electron chi connectivity index (χ3n) is 0.907. The zero-order valence-corrected chi connectivity index (χ0v) is 6.20. The lowest BCUT2D eigenvalue weighted by atomic mass is 10.9. The summed E-state index contributed by atoms with van der Waals surface area (Å²) in [6.07, 6.45) is 0. The van der Waals surface area contributed by atoms with E-state index in [2.05, 4.69) is 20.3 Å². The average molecular weight is 157 g/mol. The van der Waals surface area contributed by atoms with Gasteiger partial charge in [0.25, 0.3) is 0 Å². The Morgan fingerprint density at radius 1 is 1.60 bits per heavy atom. The monoisotopic (exact) mass is 157 g/mol. The molecule has 0 spiro atoms. The van der Waals surface area contributed by atoms with Crippen LogP contribution in [0.25, 0.3) is 0 Å². The standard InChI is InChI=1S/C4H7N5S/c1-6-3-7-2(5)8-4(10)9-3/h1H3,(H4,5,6,7,8,9,10). The van der Waals surface area contributed by atoms with Crippen molar-refractivity contribution < 1.29 is 0 Å². The zero-order chi connectivity index (χ0) is 7.56. The van der Waals surface area contributed by atoms with Gasteiger partial charge in [0.05, 0.1) is 0 Å². The van der Waals surface area contributed by atoms with Crippen LogP contribution in [0.5, 0.6) is 0 Å². The number of hydrogen-bond donors (Lipinski definition) is 3. The third kappa shape index (κ3) is 1.41. The highest BCUT2D eigenvalue weighted by molar-refractivity contribution is 7.71. The molecular weight excluding hydrogens is 150 g/mol. The summed E-state index contributed by atoms with van der Waals surface area (Å²) in [5.41, 5.74) is 5.32. The molecule has 1 aromatic heterocycles. The first-order valence-corrected chi connectivity index (χ1v) is 3.05. The predicted molar refractivity (Wildman–Crippen MR) is 41.2 cm³/mol. The SMILES string of the molecule is CNc1nc(=S)nc(N)[nH]1. The summed E-state index contributed by atoms with van der Waals surface area (Å²) >= 11 is 4.69. The molecule has 0 radical (unpaired) electrons. The molecule has 0 atom stereocenters. The molecule has 0 bridgehead atoms. The van der Waals surface area contributed by atoms with E-state index >= 15 is 0 Å². The average Bonchev–Trinajstić information content (AvgIpc) is 1.85. The molecule has 1 rings (SSSR count). The molecule has 5 nitrogen and oxygen atoms in total. The number of nitrogen functional groups attached to an aromatic ring is 1. The second-order valence-electron chi connectivity index (χ2n) is 1.62. The maximum absolute atomic E-state index is 5.32. The highest BCUT2D eigenvalue weighted by atomic mass is 32.1. The van der Waals surface area contributed by atoms with Crippen molar-refractivity contribution in [3.05, 3.63) is 4.77 Å². The van der Waals surface area contributed by atoms with E-state index in [1.54, 1.807) is 7.05 Å². The van der Waals surface area contributed by atoms with Gasteiger partial charge in [0, 0.05) is 7.05 Å². The van der Waals surface area contributed by atoms with Crippen LogP contribution in [0.1, 0.15) is 0 Å². The molecule has 10 heavy (non-hydrogen) atoms. The van der Waals surface area contributed by atoms with Crippen molar-refractivity contribution in [2.45, 2.75) is 0 Å². The molecule has 4 N–H and O–H groups in total. The Labute approximate surface area is 62.7 Å². The lowest BCUT2D eigenvalue weighted by Gasteiger charge is -1.97. The Bertz CT molecular complexity index is 279. The minimum atomic E-state index is 0.237. The van der Waals surface area contributed by atoms with Crippen molar-refractivity contribution in [2.24, 2.45) is 0 Å². The van der Waals surface area contributed by atoms with E-state index in [0.717, 1.165) is 0 Å². The van der Waals surface area contributed by atoms with E-state index in [9.17, 15) is 0 Å². The van der Waals surface area contributed by atoms with Crippen molar-refractivity contribution in [1.82, 2.24) is 15.0 Å². The molecule has 0 unspecified atom stereocenters. The Hall–Kier alpha value is -1.17. The van der Waals surface area contributed by atoms with Crippen LogP contribution in [-0.4, -0.2) is 22.0 Å². The van der Waals surface area contributed by atoms with Crippen molar-refractivity contribution in [3.63, 3.8) is 0 Å². The van der Waals surface area contributed by atoms with E-state index in [4.69, 9.17) is 18.0 Å². The van der Waals surface area contributed by atoms with Gasteiger partial charge in [-0.25, -0.2) is 0 Å². The number of aromatic nitrogens is 3. The lowest BCUT2D eigenvalue weighted by molar-refractivity contribution is 1.04. The minimum Gasteiger partial charge on any atom is -0.369 e. The first-order valence-electron chi connectivity index (χ1n) is 2.64. The van der Waals surface area contributed by atoms with Gasteiger partial charge in [-0.3, -0.25) is 4.98 Å². The molecule has 0 amide bonds. The number of anilines is 2. The number of nitrogens with one attached hydrogen (secondary N) is 2. The van der Waals surface area contributed by atoms with Gasteiger partial charge in [-0.2, -0.15) is 9.97 Å². The molecule has 0 aliphatic carbocycles. The number of nitrogens with two attached hydrogens (primary N) is 1. The number of rotatable bonds is 1.